The Balaban J connectivity index is 2.29. The summed E-state index contributed by atoms with van der Waals surface area (Å²) in [6, 6.07) is 5.13. The van der Waals surface area contributed by atoms with Crippen molar-refractivity contribution in [3.05, 3.63) is 30.1 Å². The van der Waals surface area contributed by atoms with Crippen molar-refractivity contribution in [3.8, 4) is 17.1 Å². The Hall–Kier alpha value is -3.14. The Bertz CT molecular complexity index is 724. The Labute approximate surface area is 143 Å². The number of carboxylic acid groups (broad SMARTS) is 2. The zero-order chi connectivity index (χ0) is 18.2. The highest BCUT2D eigenvalue weighted by Gasteiger charge is 2.17. The number of hydrogen-bond donors (Lipinski definition) is 2. The zero-order valence-corrected chi connectivity index (χ0v) is 13.5. The van der Waals surface area contributed by atoms with Crippen LogP contribution in [-0.4, -0.2) is 67.1 Å². The number of aromatic nitrogens is 4. The Morgan fingerprint density at radius 1 is 1.12 bits per heavy atom. The number of carbonyl (C=O) groups is 2. The monoisotopic (exact) mass is 347 g/mol. The molecule has 2 aromatic rings. The van der Waals surface area contributed by atoms with Gasteiger partial charge in [-0.2, -0.15) is 0 Å². The first-order valence-electron chi connectivity index (χ1n) is 7.42. The Kier molecular flexibility index (Phi) is 6.29. The lowest BCUT2D eigenvalue weighted by Gasteiger charge is -2.20. The zero-order valence-electron chi connectivity index (χ0n) is 13.5. The van der Waals surface area contributed by atoms with Crippen LogP contribution in [0.1, 0.15) is 12.5 Å². The van der Waals surface area contributed by atoms with Crippen LogP contribution in [0.3, 0.4) is 0 Å². The molecule has 0 radical (unpaired) electrons. The van der Waals surface area contributed by atoms with Gasteiger partial charge in [-0.05, 0) is 13.0 Å². The molecule has 2 rings (SSSR count). The first-order chi connectivity index (χ1) is 12.0. The lowest BCUT2D eigenvalue weighted by molar-refractivity contribution is -0.142. The van der Waals surface area contributed by atoms with Crippen LogP contribution in [0.15, 0.2) is 24.5 Å². The third kappa shape index (κ3) is 5.46. The van der Waals surface area contributed by atoms with Gasteiger partial charge < -0.3 is 14.9 Å². The summed E-state index contributed by atoms with van der Waals surface area (Å²) in [5.41, 5.74) is 1.29. The standard InChI is InChI=1S/C15H17N5O5/c1-2-25-12-5-10(15-18-16-9-17-19-15)3-4-11(12)6-20(7-13(21)22)8-14(23)24/h3-5,9H,2,6-8H2,1H3,(H,21,22)(H,23,24). The quantitative estimate of drug-likeness (QED) is 0.651. The smallest absolute Gasteiger partial charge is 0.317 e. The normalized spacial score (nSPS) is 10.6. The van der Waals surface area contributed by atoms with E-state index in [1.165, 1.54) is 11.2 Å². The molecule has 1 aromatic heterocycles. The van der Waals surface area contributed by atoms with Gasteiger partial charge >= 0.3 is 11.9 Å². The molecule has 0 fully saturated rings. The summed E-state index contributed by atoms with van der Waals surface area (Å²) >= 11 is 0. The minimum Gasteiger partial charge on any atom is -0.494 e. The summed E-state index contributed by atoms with van der Waals surface area (Å²) in [5, 5.41) is 33.0. The van der Waals surface area contributed by atoms with Gasteiger partial charge in [0.2, 0.25) is 5.82 Å². The fourth-order valence-electron chi connectivity index (χ4n) is 2.22. The van der Waals surface area contributed by atoms with E-state index in [1.54, 1.807) is 18.2 Å². The second-order valence-corrected chi connectivity index (χ2v) is 5.06. The van der Waals surface area contributed by atoms with E-state index in [4.69, 9.17) is 14.9 Å². The molecule has 0 aliphatic heterocycles. The molecule has 0 aliphatic carbocycles. The van der Waals surface area contributed by atoms with E-state index in [-0.39, 0.29) is 6.54 Å². The number of ether oxygens (including phenoxy) is 1. The first kappa shape index (κ1) is 18.2. The summed E-state index contributed by atoms with van der Waals surface area (Å²) in [4.78, 5) is 23.2. The van der Waals surface area contributed by atoms with E-state index in [0.29, 0.717) is 29.3 Å². The fraction of sp³-hybridized carbons (Fsp3) is 0.333. The van der Waals surface area contributed by atoms with Crippen LogP contribution in [0.5, 0.6) is 5.75 Å². The third-order valence-corrected chi connectivity index (χ3v) is 3.15. The number of aliphatic carboxylic acids is 2. The van der Waals surface area contributed by atoms with Crippen molar-refractivity contribution in [1.82, 2.24) is 25.3 Å². The number of nitrogens with zero attached hydrogens (tertiary/aromatic N) is 5. The van der Waals surface area contributed by atoms with Crippen LogP contribution in [0.4, 0.5) is 0 Å². The molecule has 0 unspecified atom stereocenters. The van der Waals surface area contributed by atoms with Crippen LogP contribution in [0.25, 0.3) is 11.4 Å². The lowest BCUT2D eigenvalue weighted by Crippen LogP contribution is -2.34. The Morgan fingerprint density at radius 3 is 2.32 bits per heavy atom. The van der Waals surface area contributed by atoms with E-state index in [2.05, 4.69) is 20.4 Å². The lowest BCUT2D eigenvalue weighted by atomic mass is 10.1. The van der Waals surface area contributed by atoms with Crippen molar-refractivity contribution in [3.63, 3.8) is 0 Å². The van der Waals surface area contributed by atoms with Crippen LogP contribution in [0, 0.1) is 0 Å². The maximum atomic E-state index is 10.9. The maximum Gasteiger partial charge on any atom is 0.317 e. The van der Waals surface area contributed by atoms with Crippen molar-refractivity contribution >= 4 is 11.9 Å². The molecule has 10 nitrogen and oxygen atoms in total. The predicted molar refractivity (Wildman–Crippen MR) is 84.8 cm³/mol. The van der Waals surface area contributed by atoms with Crippen LogP contribution in [0.2, 0.25) is 0 Å². The molecule has 0 aliphatic rings. The molecule has 0 saturated carbocycles. The van der Waals surface area contributed by atoms with Crippen molar-refractivity contribution in [2.75, 3.05) is 19.7 Å². The van der Waals surface area contributed by atoms with Gasteiger partial charge in [0.05, 0.1) is 19.7 Å². The minimum absolute atomic E-state index is 0.111. The number of rotatable bonds is 9. The molecule has 132 valence electrons. The SMILES string of the molecule is CCOc1cc(-c2nncnn2)ccc1CN(CC(=O)O)CC(=O)O. The van der Waals surface area contributed by atoms with E-state index in [0.717, 1.165) is 0 Å². The molecule has 2 N–H and O–H groups in total. The topological polar surface area (TPSA) is 139 Å². The maximum absolute atomic E-state index is 10.9. The van der Waals surface area contributed by atoms with Crippen molar-refractivity contribution < 1.29 is 24.5 Å². The molecule has 10 heteroatoms. The largest absolute Gasteiger partial charge is 0.494 e. The Morgan fingerprint density at radius 2 is 1.76 bits per heavy atom. The number of carboxylic acids is 2. The molecular formula is C15H17N5O5. The van der Waals surface area contributed by atoms with Gasteiger partial charge in [0, 0.05) is 17.7 Å². The van der Waals surface area contributed by atoms with Crippen LogP contribution >= 0.6 is 0 Å². The molecule has 1 heterocycles. The highest BCUT2D eigenvalue weighted by molar-refractivity contribution is 5.72. The highest BCUT2D eigenvalue weighted by atomic mass is 16.5. The molecular weight excluding hydrogens is 330 g/mol. The molecule has 0 amide bonds. The summed E-state index contributed by atoms with van der Waals surface area (Å²) in [6.07, 6.45) is 1.22. The van der Waals surface area contributed by atoms with E-state index < -0.39 is 25.0 Å². The summed E-state index contributed by atoms with van der Waals surface area (Å²) in [5.74, 6) is -1.40. The minimum atomic E-state index is -1.11. The summed E-state index contributed by atoms with van der Waals surface area (Å²) < 4.78 is 5.59. The van der Waals surface area contributed by atoms with Gasteiger partial charge in [0.1, 0.15) is 5.75 Å². The van der Waals surface area contributed by atoms with Gasteiger partial charge in [-0.15, -0.1) is 20.4 Å². The number of benzene rings is 1. The van der Waals surface area contributed by atoms with Crippen molar-refractivity contribution in [2.24, 2.45) is 0 Å². The van der Waals surface area contributed by atoms with E-state index in [9.17, 15) is 9.59 Å². The molecule has 0 bridgehead atoms. The second-order valence-electron chi connectivity index (χ2n) is 5.06. The highest BCUT2D eigenvalue weighted by Crippen LogP contribution is 2.26. The molecule has 0 spiro atoms. The molecule has 1 aromatic carbocycles. The summed E-state index contributed by atoms with van der Waals surface area (Å²) in [7, 11) is 0. The molecule has 0 saturated heterocycles. The van der Waals surface area contributed by atoms with Crippen molar-refractivity contribution in [1.29, 1.82) is 0 Å². The van der Waals surface area contributed by atoms with Crippen molar-refractivity contribution in [2.45, 2.75) is 13.5 Å². The van der Waals surface area contributed by atoms with E-state index in [1.807, 2.05) is 6.92 Å². The second kappa shape index (κ2) is 8.64. The van der Waals surface area contributed by atoms with Gasteiger partial charge in [0.15, 0.2) is 6.33 Å². The van der Waals surface area contributed by atoms with Gasteiger partial charge in [-0.25, -0.2) is 0 Å². The average Bonchev–Trinajstić information content (AvgIpc) is 2.56. The number of hydrogen-bond acceptors (Lipinski definition) is 8. The third-order valence-electron chi connectivity index (χ3n) is 3.15. The summed E-state index contributed by atoms with van der Waals surface area (Å²) in [6.45, 7) is 1.52. The average molecular weight is 347 g/mol. The first-order valence-corrected chi connectivity index (χ1v) is 7.42. The molecule has 0 atom stereocenters. The predicted octanol–water partition coefficient (Wildman–Crippen LogP) is 0.303. The fourth-order valence-corrected chi connectivity index (χ4v) is 2.22. The van der Waals surface area contributed by atoms with Gasteiger partial charge in [-0.3, -0.25) is 14.5 Å². The van der Waals surface area contributed by atoms with Gasteiger partial charge in [-0.1, -0.05) is 12.1 Å². The van der Waals surface area contributed by atoms with Gasteiger partial charge in [0.25, 0.3) is 0 Å². The van der Waals surface area contributed by atoms with Crippen LogP contribution < -0.4 is 4.74 Å². The van der Waals surface area contributed by atoms with E-state index >= 15 is 0 Å². The van der Waals surface area contributed by atoms with Crippen LogP contribution in [-0.2, 0) is 16.1 Å². The molecule has 25 heavy (non-hydrogen) atoms.